The highest BCUT2D eigenvalue weighted by Crippen LogP contribution is 2.36. The second kappa shape index (κ2) is 7.53. The summed E-state index contributed by atoms with van der Waals surface area (Å²) in [5, 5.41) is 11.2. The lowest BCUT2D eigenvalue weighted by Gasteiger charge is -2.23. The number of hydrogen-bond donors (Lipinski definition) is 1. The van der Waals surface area contributed by atoms with Gasteiger partial charge in [0.15, 0.2) is 5.69 Å². The molecule has 0 aliphatic rings. The summed E-state index contributed by atoms with van der Waals surface area (Å²) in [6.07, 6.45) is 0.990. The molecule has 1 aromatic heterocycles. The van der Waals surface area contributed by atoms with Crippen LogP contribution in [0.5, 0.6) is 11.5 Å². The van der Waals surface area contributed by atoms with Crippen molar-refractivity contribution in [2.45, 2.75) is 39.5 Å². The third-order valence-electron chi connectivity index (χ3n) is 4.31. The lowest BCUT2D eigenvalue weighted by molar-refractivity contribution is 0.0691. The fraction of sp³-hybridized carbons (Fsp3) is 0.273. The predicted molar refractivity (Wildman–Crippen MR) is 109 cm³/mol. The van der Waals surface area contributed by atoms with Crippen LogP contribution < -0.4 is 4.74 Å². The van der Waals surface area contributed by atoms with E-state index >= 15 is 0 Å². The van der Waals surface area contributed by atoms with Crippen molar-refractivity contribution in [1.29, 1.82) is 0 Å². The molecule has 0 radical (unpaired) electrons. The molecule has 1 N–H and O–H groups in total. The minimum Gasteiger partial charge on any atom is -0.476 e. The maximum Gasteiger partial charge on any atom is 0.355 e. The molecule has 0 saturated heterocycles. The molecule has 0 bridgehead atoms. The van der Waals surface area contributed by atoms with Gasteiger partial charge in [-0.1, -0.05) is 39.8 Å². The Morgan fingerprint density at radius 2 is 1.85 bits per heavy atom. The molecule has 2 aromatic carbocycles. The summed E-state index contributed by atoms with van der Waals surface area (Å²) >= 11 is 1.32. The molecule has 3 rings (SSSR count). The van der Waals surface area contributed by atoms with Crippen molar-refractivity contribution in [1.82, 2.24) is 4.98 Å². The van der Waals surface area contributed by atoms with Gasteiger partial charge >= 0.3 is 5.97 Å². The quantitative estimate of drug-likeness (QED) is 0.575. The third-order valence-corrected chi connectivity index (χ3v) is 5.20. The van der Waals surface area contributed by atoms with E-state index in [1.54, 1.807) is 5.38 Å². The fourth-order valence-corrected chi connectivity index (χ4v) is 3.57. The average molecular weight is 381 g/mol. The van der Waals surface area contributed by atoms with E-state index in [1.165, 1.54) is 22.5 Å². The Balaban J connectivity index is 1.85. The molecule has 0 fully saturated rings. The molecule has 0 aliphatic carbocycles. The summed E-state index contributed by atoms with van der Waals surface area (Å²) < 4.78 is 6.16. The molecule has 0 aliphatic heterocycles. The average Bonchev–Trinajstić information content (AvgIpc) is 3.12. The molecule has 0 spiro atoms. The number of aromatic nitrogens is 1. The Kier molecular flexibility index (Phi) is 5.33. The van der Waals surface area contributed by atoms with Gasteiger partial charge in [0, 0.05) is 16.5 Å². The van der Waals surface area contributed by atoms with Crippen molar-refractivity contribution in [3.05, 3.63) is 64.7 Å². The number of rotatable bonds is 5. The van der Waals surface area contributed by atoms with Crippen LogP contribution in [-0.2, 0) is 11.8 Å². The highest BCUT2D eigenvalue weighted by molar-refractivity contribution is 7.13. The SMILES string of the molecule is CCc1ccc(Oc2ccc(-c3nc(C(=O)O)cs3)cc2)c(C(C)(C)C)c1. The van der Waals surface area contributed by atoms with Crippen molar-refractivity contribution < 1.29 is 14.6 Å². The van der Waals surface area contributed by atoms with Crippen molar-refractivity contribution in [2.75, 3.05) is 0 Å². The zero-order chi connectivity index (χ0) is 19.6. The fourth-order valence-electron chi connectivity index (χ4n) is 2.77. The van der Waals surface area contributed by atoms with Crippen molar-refractivity contribution >= 4 is 17.3 Å². The molecule has 140 valence electrons. The molecule has 3 aromatic rings. The molecule has 27 heavy (non-hydrogen) atoms. The summed E-state index contributed by atoms with van der Waals surface area (Å²) in [7, 11) is 0. The van der Waals surface area contributed by atoms with E-state index in [0.717, 1.165) is 23.5 Å². The molecular weight excluding hydrogens is 358 g/mol. The largest absolute Gasteiger partial charge is 0.476 e. The van der Waals surface area contributed by atoms with Gasteiger partial charge in [0.05, 0.1) is 0 Å². The lowest BCUT2D eigenvalue weighted by Crippen LogP contribution is -2.13. The van der Waals surface area contributed by atoms with Gasteiger partial charge in [0.1, 0.15) is 16.5 Å². The molecular formula is C22H23NO3S. The molecule has 0 saturated carbocycles. The minimum atomic E-state index is -1.01. The van der Waals surface area contributed by atoms with Gasteiger partial charge in [-0.3, -0.25) is 0 Å². The van der Waals surface area contributed by atoms with Crippen molar-refractivity contribution in [3.63, 3.8) is 0 Å². The number of carboxylic acid groups (broad SMARTS) is 1. The van der Waals surface area contributed by atoms with Gasteiger partial charge in [0.2, 0.25) is 0 Å². The van der Waals surface area contributed by atoms with Crippen LogP contribution in [0.15, 0.2) is 47.8 Å². The van der Waals surface area contributed by atoms with Crippen LogP contribution in [0, 0.1) is 0 Å². The number of ether oxygens (including phenoxy) is 1. The molecule has 1 heterocycles. The van der Waals surface area contributed by atoms with Gasteiger partial charge in [-0.15, -0.1) is 11.3 Å². The van der Waals surface area contributed by atoms with Crippen LogP contribution in [0.4, 0.5) is 0 Å². The molecule has 0 amide bonds. The first-order valence-corrected chi connectivity index (χ1v) is 9.76. The van der Waals surface area contributed by atoms with Gasteiger partial charge in [-0.2, -0.15) is 0 Å². The summed E-state index contributed by atoms with van der Waals surface area (Å²) in [4.78, 5) is 15.1. The second-order valence-corrected chi connectivity index (χ2v) is 8.26. The topological polar surface area (TPSA) is 59.4 Å². The zero-order valence-corrected chi connectivity index (χ0v) is 16.8. The first-order chi connectivity index (χ1) is 12.8. The number of carbonyl (C=O) groups is 1. The van der Waals surface area contributed by atoms with Crippen molar-refractivity contribution in [3.8, 4) is 22.1 Å². The van der Waals surface area contributed by atoms with E-state index in [9.17, 15) is 4.79 Å². The lowest BCUT2D eigenvalue weighted by atomic mass is 9.85. The van der Waals surface area contributed by atoms with E-state index in [0.29, 0.717) is 5.01 Å². The summed E-state index contributed by atoms with van der Waals surface area (Å²) in [5.41, 5.74) is 3.39. The Hall–Kier alpha value is -2.66. The van der Waals surface area contributed by atoms with Crippen LogP contribution in [0.3, 0.4) is 0 Å². The smallest absolute Gasteiger partial charge is 0.355 e. The van der Waals surface area contributed by atoms with Gasteiger partial charge < -0.3 is 9.84 Å². The van der Waals surface area contributed by atoms with Crippen LogP contribution >= 0.6 is 11.3 Å². The maximum absolute atomic E-state index is 11.0. The Morgan fingerprint density at radius 1 is 1.15 bits per heavy atom. The normalized spacial score (nSPS) is 11.4. The number of nitrogens with zero attached hydrogens (tertiary/aromatic N) is 1. The van der Waals surface area contributed by atoms with E-state index in [-0.39, 0.29) is 11.1 Å². The van der Waals surface area contributed by atoms with Crippen LogP contribution in [0.25, 0.3) is 10.6 Å². The van der Waals surface area contributed by atoms with Gasteiger partial charge in [-0.05, 0) is 47.7 Å². The summed E-state index contributed by atoms with van der Waals surface area (Å²) in [6, 6.07) is 13.9. The predicted octanol–water partition coefficient (Wildman–Crippen LogP) is 6.16. The molecule has 4 nitrogen and oxygen atoms in total. The van der Waals surface area contributed by atoms with Crippen LogP contribution in [-0.4, -0.2) is 16.1 Å². The standard InChI is InChI=1S/C22H23NO3S/c1-5-14-6-11-19(17(12-14)22(2,3)4)26-16-9-7-15(8-10-16)20-23-18(13-27-20)21(24)25/h6-13H,5H2,1-4H3,(H,24,25). The monoisotopic (exact) mass is 381 g/mol. The molecule has 0 unspecified atom stereocenters. The number of carboxylic acids is 1. The second-order valence-electron chi connectivity index (χ2n) is 7.40. The van der Waals surface area contributed by atoms with E-state index in [1.807, 2.05) is 30.3 Å². The number of benzene rings is 2. The summed E-state index contributed by atoms with van der Waals surface area (Å²) in [5.74, 6) is 0.584. The highest BCUT2D eigenvalue weighted by atomic mass is 32.1. The Labute approximate surface area is 163 Å². The first kappa shape index (κ1) is 19.1. The van der Waals surface area contributed by atoms with Gasteiger partial charge in [-0.25, -0.2) is 9.78 Å². The molecule has 0 atom stereocenters. The van der Waals surface area contributed by atoms with E-state index in [2.05, 4.69) is 44.8 Å². The third kappa shape index (κ3) is 4.37. The van der Waals surface area contributed by atoms with Gasteiger partial charge in [0.25, 0.3) is 0 Å². The van der Waals surface area contributed by atoms with Crippen LogP contribution in [0.1, 0.15) is 49.3 Å². The number of thiazole rings is 1. The molecule has 5 heteroatoms. The van der Waals surface area contributed by atoms with Crippen LogP contribution in [0.2, 0.25) is 0 Å². The number of aryl methyl sites for hydroxylation is 1. The Bertz CT molecular complexity index is 952. The maximum atomic E-state index is 11.0. The first-order valence-electron chi connectivity index (χ1n) is 8.88. The zero-order valence-electron chi connectivity index (χ0n) is 15.9. The number of aromatic carboxylic acids is 1. The highest BCUT2D eigenvalue weighted by Gasteiger charge is 2.20. The number of hydrogen-bond acceptors (Lipinski definition) is 4. The van der Waals surface area contributed by atoms with Crippen molar-refractivity contribution in [2.24, 2.45) is 0 Å². The minimum absolute atomic E-state index is 0.0193. The van der Waals surface area contributed by atoms with E-state index in [4.69, 9.17) is 9.84 Å². The Morgan fingerprint density at radius 3 is 2.41 bits per heavy atom. The van der Waals surface area contributed by atoms with E-state index < -0.39 is 5.97 Å². The summed E-state index contributed by atoms with van der Waals surface area (Å²) in [6.45, 7) is 8.69.